The second-order valence-corrected chi connectivity index (χ2v) is 7.67. The van der Waals surface area contributed by atoms with Crippen molar-refractivity contribution in [3.63, 3.8) is 0 Å². The number of pyridine rings is 1. The molecule has 0 aliphatic heterocycles. The molecule has 0 bridgehead atoms. The number of nitrogens with one attached hydrogen (secondary N) is 1. The molecule has 0 atom stereocenters. The Morgan fingerprint density at radius 1 is 1.09 bits per heavy atom. The molecular formula is C19H25NO2S. The summed E-state index contributed by atoms with van der Waals surface area (Å²) in [5, 5.41) is 1.92. The van der Waals surface area contributed by atoms with Crippen molar-refractivity contribution in [2.45, 2.75) is 50.2 Å². The van der Waals surface area contributed by atoms with Crippen molar-refractivity contribution in [2.24, 2.45) is 0 Å². The van der Waals surface area contributed by atoms with Crippen LogP contribution in [0.5, 0.6) is 5.75 Å². The maximum atomic E-state index is 11.3. The zero-order valence-corrected chi connectivity index (χ0v) is 14.4. The Labute approximate surface area is 141 Å². The lowest BCUT2D eigenvalue weighted by atomic mass is 10.0. The van der Waals surface area contributed by atoms with Gasteiger partial charge in [-0.1, -0.05) is 19.3 Å². The largest absolute Gasteiger partial charge is 0.494 e. The summed E-state index contributed by atoms with van der Waals surface area (Å²) in [7, 11) is 0. The van der Waals surface area contributed by atoms with E-state index in [1.54, 1.807) is 6.07 Å². The van der Waals surface area contributed by atoms with Crippen molar-refractivity contribution in [1.29, 1.82) is 0 Å². The van der Waals surface area contributed by atoms with Crippen LogP contribution in [0.25, 0.3) is 10.9 Å². The van der Waals surface area contributed by atoms with Crippen molar-refractivity contribution in [1.82, 2.24) is 4.98 Å². The van der Waals surface area contributed by atoms with Crippen LogP contribution < -0.4 is 10.3 Å². The highest BCUT2D eigenvalue weighted by molar-refractivity contribution is 7.99. The van der Waals surface area contributed by atoms with Gasteiger partial charge in [0.1, 0.15) is 5.75 Å². The highest BCUT2D eigenvalue weighted by Gasteiger charge is 2.12. The van der Waals surface area contributed by atoms with E-state index >= 15 is 0 Å². The van der Waals surface area contributed by atoms with Gasteiger partial charge >= 0.3 is 0 Å². The van der Waals surface area contributed by atoms with Crippen LogP contribution in [0.4, 0.5) is 0 Å². The Morgan fingerprint density at radius 2 is 1.96 bits per heavy atom. The normalized spacial score (nSPS) is 15.8. The number of H-pyrrole nitrogens is 1. The molecule has 3 rings (SSSR count). The van der Waals surface area contributed by atoms with Crippen LogP contribution in [0.15, 0.2) is 35.1 Å². The molecule has 1 aromatic heterocycles. The predicted octanol–water partition coefficient (Wildman–Crippen LogP) is 4.75. The van der Waals surface area contributed by atoms with Crippen LogP contribution in [0.2, 0.25) is 0 Å². The average Bonchev–Trinajstić information content (AvgIpc) is 2.59. The van der Waals surface area contributed by atoms with Crippen LogP contribution in [-0.4, -0.2) is 22.6 Å². The minimum atomic E-state index is -0.0679. The van der Waals surface area contributed by atoms with E-state index in [0.29, 0.717) is 0 Å². The molecule has 1 N–H and O–H groups in total. The number of aromatic amines is 1. The number of ether oxygens (including phenoxy) is 1. The highest BCUT2D eigenvalue weighted by Crippen LogP contribution is 2.28. The lowest BCUT2D eigenvalue weighted by Crippen LogP contribution is -2.09. The van der Waals surface area contributed by atoms with Gasteiger partial charge in [0.05, 0.1) is 6.61 Å². The van der Waals surface area contributed by atoms with Crippen LogP contribution in [0.1, 0.15) is 44.9 Å². The Bertz CT molecular complexity index is 676. The minimum absolute atomic E-state index is 0.0679. The molecule has 1 aliphatic carbocycles. The lowest BCUT2D eigenvalue weighted by molar-refractivity contribution is 0.310. The fraction of sp³-hybridized carbons (Fsp3) is 0.526. The Kier molecular flexibility index (Phi) is 6.03. The Hall–Kier alpha value is -1.42. The predicted molar refractivity (Wildman–Crippen MR) is 98.6 cm³/mol. The summed E-state index contributed by atoms with van der Waals surface area (Å²) in [6.45, 7) is 0.764. The maximum absolute atomic E-state index is 11.3. The topological polar surface area (TPSA) is 42.1 Å². The Balaban J connectivity index is 1.37. The molecule has 1 heterocycles. The van der Waals surface area contributed by atoms with Crippen LogP contribution >= 0.6 is 11.8 Å². The summed E-state index contributed by atoms with van der Waals surface area (Å²) < 4.78 is 5.84. The number of hydrogen-bond donors (Lipinski definition) is 1. The number of rotatable bonds is 7. The second kappa shape index (κ2) is 8.44. The fourth-order valence-corrected chi connectivity index (χ4v) is 4.47. The van der Waals surface area contributed by atoms with E-state index in [1.165, 1.54) is 44.3 Å². The maximum Gasteiger partial charge on any atom is 0.248 e. The highest BCUT2D eigenvalue weighted by atomic mass is 32.2. The third-order valence-electron chi connectivity index (χ3n) is 4.41. The zero-order chi connectivity index (χ0) is 15.9. The van der Waals surface area contributed by atoms with E-state index in [0.717, 1.165) is 34.9 Å². The van der Waals surface area contributed by atoms with Gasteiger partial charge in [-0.15, -0.1) is 0 Å². The molecule has 124 valence electrons. The standard InChI is InChI=1S/C19H25NO2S/c21-19-11-8-15-14-16(9-10-18(15)20-19)22-12-4-5-13-23-17-6-2-1-3-7-17/h8-11,14,17H,1-7,12-13H2,(H,20,21). The number of fused-ring (bicyclic) bond motifs is 1. The molecule has 4 heteroatoms. The van der Waals surface area contributed by atoms with Gasteiger partial charge in [0.15, 0.2) is 0 Å². The molecule has 3 nitrogen and oxygen atoms in total. The number of thioether (sulfide) groups is 1. The lowest BCUT2D eigenvalue weighted by Gasteiger charge is -2.20. The van der Waals surface area contributed by atoms with Crippen molar-refractivity contribution in [3.8, 4) is 5.75 Å². The van der Waals surface area contributed by atoms with E-state index in [-0.39, 0.29) is 5.56 Å². The number of hydrogen-bond acceptors (Lipinski definition) is 3. The van der Waals surface area contributed by atoms with Gasteiger partial charge in [-0.2, -0.15) is 11.8 Å². The number of benzene rings is 1. The number of aromatic nitrogens is 1. The van der Waals surface area contributed by atoms with E-state index in [4.69, 9.17) is 4.74 Å². The van der Waals surface area contributed by atoms with Crippen molar-refractivity contribution in [2.75, 3.05) is 12.4 Å². The van der Waals surface area contributed by atoms with Crippen LogP contribution in [-0.2, 0) is 0 Å². The van der Waals surface area contributed by atoms with Gasteiger partial charge in [-0.05, 0) is 55.7 Å². The van der Waals surface area contributed by atoms with Gasteiger partial charge in [0.25, 0.3) is 0 Å². The number of unbranched alkanes of at least 4 members (excludes halogenated alkanes) is 1. The minimum Gasteiger partial charge on any atom is -0.494 e. The first-order chi connectivity index (χ1) is 11.3. The molecule has 1 fully saturated rings. The first-order valence-electron chi connectivity index (χ1n) is 8.69. The summed E-state index contributed by atoms with van der Waals surface area (Å²) in [6, 6.07) is 9.21. The van der Waals surface area contributed by atoms with Gasteiger partial charge in [-0.3, -0.25) is 4.79 Å². The summed E-state index contributed by atoms with van der Waals surface area (Å²) in [5.41, 5.74) is 0.787. The molecule has 0 radical (unpaired) electrons. The summed E-state index contributed by atoms with van der Waals surface area (Å²) in [4.78, 5) is 14.1. The zero-order valence-electron chi connectivity index (χ0n) is 13.6. The van der Waals surface area contributed by atoms with Gasteiger partial charge in [-0.25, -0.2) is 0 Å². The van der Waals surface area contributed by atoms with Crippen molar-refractivity contribution in [3.05, 3.63) is 40.7 Å². The first kappa shape index (κ1) is 16.4. The molecule has 23 heavy (non-hydrogen) atoms. The molecule has 1 saturated carbocycles. The average molecular weight is 331 g/mol. The molecule has 0 unspecified atom stereocenters. The quantitative estimate of drug-likeness (QED) is 0.744. The van der Waals surface area contributed by atoms with Gasteiger partial charge in [0, 0.05) is 22.2 Å². The van der Waals surface area contributed by atoms with Gasteiger partial charge < -0.3 is 9.72 Å². The third-order valence-corrected chi connectivity index (χ3v) is 5.88. The summed E-state index contributed by atoms with van der Waals surface area (Å²) in [6.07, 6.45) is 9.44. The van der Waals surface area contributed by atoms with E-state index < -0.39 is 0 Å². The molecule has 0 saturated heterocycles. The second-order valence-electron chi connectivity index (χ2n) is 6.26. The van der Waals surface area contributed by atoms with Crippen molar-refractivity contribution < 1.29 is 4.74 Å². The monoisotopic (exact) mass is 331 g/mol. The Morgan fingerprint density at radius 3 is 2.83 bits per heavy atom. The SMILES string of the molecule is O=c1ccc2cc(OCCCCSC3CCCCC3)ccc2[nH]1. The molecule has 0 spiro atoms. The van der Waals surface area contributed by atoms with Crippen molar-refractivity contribution >= 4 is 22.7 Å². The smallest absolute Gasteiger partial charge is 0.248 e. The molecule has 2 aromatic rings. The van der Waals surface area contributed by atoms with E-state index in [1.807, 2.05) is 24.3 Å². The molecular weight excluding hydrogens is 306 g/mol. The summed E-state index contributed by atoms with van der Waals surface area (Å²) >= 11 is 2.16. The molecule has 1 aliphatic rings. The van der Waals surface area contributed by atoms with Gasteiger partial charge in [0.2, 0.25) is 5.56 Å². The van der Waals surface area contributed by atoms with E-state index in [2.05, 4.69) is 16.7 Å². The summed E-state index contributed by atoms with van der Waals surface area (Å²) in [5.74, 6) is 2.14. The molecule has 0 amide bonds. The molecule has 1 aromatic carbocycles. The fourth-order valence-electron chi connectivity index (χ4n) is 3.10. The third kappa shape index (κ3) is 5.03. The first-order valence-corrected chi connectivity index (χ1v) is 9.74. The van der Waals surface area contributed by atoms with Crippen LogP contribution in [0.3, 0.4) is 0 Å². The van der Waals surface area contributed by atoms with E-state index in [9.17, 15) is 4.79 Å². The van der Waals surface area contributed by atoms with Crippen LogP contribution in [0, 0.1) is 0 Å².